The molecule has 17 nitrogen and oxygen atoms in total. The van der Waals surface area contributed by atoms with Crippen LogP contribution in [0.5, 0.6) is 5.75 Å². The Morgan fingerprint density at radius 2 is 1.56 bits per heavy atom. The summed E-state index contributed by atoms with van der Waals surface area (Å²) in [6.07, 6.45) is -1.23. The molecule has 1 saturated heterocycles. The molecule has 4 aromatic rings. The number of hydrogen-bond donors (Lipinski definition) is 2. The second-order valence-electron chi connectivity index (χ2n) is 9.41. The fraction of sp³-hybridized carbons (Fsp3) is 0.160. The number of rotatable bonds is 9. The molecule has 0 saturated carbocycles. The molecule has 1 aliphatic rings. The van der Waals surface area contributed by atoms with E-state index in [9.17, 15) is 43.9 Å². The molecule has 0 bridgehead atoms. The van der Waals surface area contributed by atoms with Gasteiger partial charge >= 0.3 is 65.2 Å². The van der Waals surface area contributed by atoms with Crippen LogP contribution in [0.15, 0.2) is 79.4 Å². The Balaban J connectivity index is 0.00000312. The van der Waals surface area contributed by atoms with Crippen molar-refractivity contribution >= 4 is 69.8 Å². The van der Waals surface area contributed by atoms with Gasteiger partial charge in [0.15, 0.2) is 15.6 Å². The van der Waals surface area contributed by atoms with Crippen LogP contribution in [0.3, 0.4) is 0 Å². The summed E-state index contributed by atoms with van der Waals surface area (Å²) >= 11 is 0. The van der Waals surface area contributed by atoms with Gasteiger partial charge in [0.2, 0.25) is 11.9 Å². The van der Waals surface area contributed by atoms with Crippen molar-refractivity contribution < 1.29 is 108 Å². The van der Waals surface area contributed by atoms with Crippen molar-refractivity contribution in [1.29, 1.82) is 0 Å². The molecule has 3 aromatic carbocycles. The minimum atomic E-state index is -5.43. The number of sulfone groups is 1. The molecule has 5 rings (SSSR count). The molecule has 0 radical (unpaired) electrons. The van der Waals surface area contributed by atoms with Crippen LogP contribution in [-0.4, -0.2) is 80.7 Å². The summed E-state index contributed by atoms with van der Waals surface area (Å²) in [5.74, 6) is -1.62. The molecule has 0 aliphatic carbocycles. The summed E-state index contributed by atoms with van der Waals surface area (Å²) in [5.41, 5.74) is -1.34. The molecule has 0 unspecified atom stereocenters. The Hall–Kier alpha value is -2.67. The van der Waals surface area contributed by atoms with Crippen molar-refractivity contribution in [3.63, 3.8) is 0 Å². The van der Waals surface area contributed by atoms with Gasteiger partial charge in [0.25, 0.3) is 0 Å². The van der Waals surface area contributed by atoms with E-state index in [1.807, 2.05) is 0 Å². The largest absolute Gasteiger partial charge is 1.00 e. The zero-order valence-electron chi connectivity index (χ0n) is 25.1. The summed E-state index contributed by atoms with van der Waals surface area (Å²) in [6, 6.07) is 6.84. The van der Waals surface area contributed by atoms with Gasteiger partial charge in [-0.1, -0.05) is 6.58 Å². The number of fused-ring (bicyclic) bond motifs is 1. The number of azo groups is 1. The number of aromatic hydroxyl groups is 1. The number of morpholine rings is 1. The van der Waals surface area contributed by atoms with Gasteiger partial charge in [-0.05, 0) is 47.9 Å². The van der Waals surface area contributed by atoms with Crippen LogP contribution in [0, 0.1) is 6.08 Å². The van der Waals surface area contributed by atoms with Crippen LogP contribution in [0.1, 0.15) is 0 Å². The van der Waals surface area contributed by atoms with E-state index < -0.39 is 74.4 Å². The first-order valence-corrected chi connectivity index (χ1v) is 17.1. The van der Waals surface area contributed by atoms with Gasteiger partial charge in [0.1, 0.15) is 25.9 Å². The molecule has 242 valence electrons. The number of hydrogen-bond acceptors (Lipinski definition) is 17. The fourth-order valence-corrected chi connectivity index (χ4v) is 6.20. The van der Waals surface area contributed by atoms with Crippen LogP contribution in [0.2, 0.25) is 0 Å². The molecule has 23 heteroatoms. The molecule has 2 heterocycles. The number of phenolic OH excluding ortho intramolecular Hbond substituents is 1. The second kappa shape index (κ2) is 15.5. The van der Waals surface area contributed by atoms with Gasteiger partial charge in [-0.2, -0.15) is 24.5 Å². The Labute approximate surface area is 317 Å². The van der Waals surface area contributed by atoms with E-state index in [2.05, 4.69) is 37.1 Å². The fourth-order valence-electron chi connectivity index (χ4n) is 4.32. The number of benzene rings is 3. The molecule has 0 amide bonds. The van der Waals surface area contributed by atoms with E-state index in [-0.39, 0.29) is 81.0 Å². The first-order chi connectivity index (χ1) is 21.6. The van der Waals surface area contributed by atoms with Crippen LogP contribution >= 0.6 is 0 Å². The maximum Gasteiger partial charge on any atom is 1.00 e. The van der Waals surface area contributed by atoms with Crippen molar-refractivity contribution in [3.05, 3.63) is 60.5 Å². The molecule has 1 aromatic heterocycles. The third-order valence-electron chi connectivity index (χ3n) is 6.47. The van der Waals surface area contributed by atoms with Crippen LogP contribution < -0.4 is 69.3 Å². The zero-order valence-corrected chi connectivity index (χ0v) is 31.5. The third kappa shape index (κ3) is 8.91. The van der Waals surface area contributed by atoms with E-state index >= 15 is 0 Å². The normalized spacial score (nSPS) is 13.9. The number of nitrogens with one attached hydrogen (secondary N) is 1. The molecular formula is C25H20FN7Na2O10S3. The van der Waals surface area contributed by atoms with Crippen LogP contribution in [-0.2, 0) is 34.8 Å². The standard InChI is InChI=1S/C25H22FN7O10S3.2Na/c1-2-44(35,36)16-5-3-15(4-6-16)31-32-21-19(46(40,41)42)12-14-11-17(45(37,38)39)13-18(20(14)22(21)34)27-24-28-23(26)29-25(30-24)33-7-9-43-10-8-33;;/h2-6,11-13,34H,1,7-10H2,(H,37,38,39)(H,40,41,42)(H,27,28,29,30);;/q;2*+1/p-2. The van der Waals surface area contributed by atoms with Gasteiger partial charge in [-0.15, -0.1) is 5.11 Å². The first kappa shape index (κ1) is 39.8. The number of nitrogens with zero attached hydrogens (tertiary/aromatic N) is 6. The minimum Gasteiger partial charge on any atom is -0.744 e. The van der Waals surface area contributed by atoms with Gasteiger partial charge in [0.05, 0.1) is 39.3 Å². The number of anilines is 3. The van der Waals surface area contributed by atoms with E-state index in [4.69, 9.17) is 4.74 Å². The summed E-state index contributed by atoms with van der Waals surface area (Å²) in [7, 11) is -14.4. The first-order valence-electron chi connectivity index (χ1n) is 12.7. The van der Waals surface area contributed by atoms with Crippen LogP contribution in [0.25, 0.3) is 10.8 Å². The maximum absolute atomic E-state index is 14.4. The van der Waals surface area contributed by atoms with E-state index in [1.54, 1.807) is 4.90 Å². The van der Waals surface area contributed by atoms with E-state index in [1.165, 1.54) is 12.1 Å². The molecular weight excluding hydrogens is 719 g/mol. The maximum atomic E-state index is 14.4. The van der Waals surface area contributed by atoms with E-state index in [0.29, 0.717) is 38.4 Å². The Morgan fingerprint density at radius 1 is 0.917 bits per heavy atom. The summed E-state index contributed by atoms with van der Waals surface area (Å²) in [4.78, 5) is 10.7. The molecule has 1 aliphatic heterocycles. The van der Waals surface area contributed by atoms with Crippen molar-refractivity contribution in [2.45, 2.75) is 14.7 Å². The average molecular weight is 740 g/mol. The number of phenols is 1. The summed E-state index contributed by atoms with van der Waals surface area (Å²) in [6.45, 7) is 4.45. The summed E-state index contributed by atoms with van der Waals surface area (Å²) < 4.78 is 116. The predicted molar refractivity (Wildman–Crippen MR) is 156 cm³/mol. The quantitative estimate of drug-likeness (QED) is 0.0964. The SMILES string of the molecule is C=CS(=O)(=O)c1ccc(N=Nc2c(S(=O)(=O)[O-])cc3cc(S(=O)(=O)[O-])cc(Nc4nc(F)nc(N5CCOCC5)n4)c3c2O)cc1.[Na+].[Na+]. The average Bonchev–Trinajstić information content (AvgIpc) is 2.99. The topological polar surface area (TPSA) is 257 Å². The van der Waals surface area contributed by atoms with Crippen molar-refractivity contribution in [1.82, 2.24) is 15.0 Å². The van der Waals surface area contributed by atoms with Gasteiger partial charge < -0.3 is 29.2 Å². The zero-order chi connectivity index (χ0) is 33.4. The molecule has 1 fully saturated rings. The molecule has 0 spiro atoms. The van der Waals surface area contributed by atoms with Crippen LogP contribution in [0.4, 0.5) is 33.3 Å². The molecule has 2 N–H and O–H groups in total. The Bertz CT molecular complexity index is 2240. The van der Waals surface area contributed by atoms with Crippen molar-refractivity contribution in [3.8, 4) is 5.75 Å². The molecule has 0 atom stereocenters. The third-order valence-corrected chi connectivity index (χ3v) is 9.50. The minimum absolute atomic E-state index is 0. The number of halogens is 1. The van der Waals surface area contributed by atoms with Gasteiger partial charge in [-0.3, -0.25) is 0 Å². The van der Waals surface area contributed by atoms with Gasteiger partial charge in [-0.25, -0.2) is 25.3 Å². The Kier molecular flexibility index (Phi) is 12.8. The number of ether oxygens (including phenoxy) is 1. The number of aromatic nitrogens is 3. The smallest absolute Gasteiger partial charge is 0.744 e. The van der Waals surface area contributed by atoms with E-state index in [0.717, 1.165) is 23.6 Å². The Morgan fingerprint density at radius 3 is 2.15 bits per heavy atom. The van der Waals surface area contributed by atoms with Crippen molar-refractivity contribution in [2.24, 2.45) is 10.2 Å². The second-order valence-corrected chi connectivity index (χ2v) is 14.0. The molecule has 48 heavy (non-hydrogen) atoms. The monoisotopic (exact) mass is 739 g/mol. The van der Waals surface area contributed by atoms with Crippen molar-refractivity contribution in [2.75, 3.05) is 36.5 Å². The van der Waals surface area contributed by atoms with Gasteiger partial charge in [0, 0.05) is 23.9 Å². The predicted octanol–water partition coefficient (Wildman–Crippen LogP) is -3.40. The summed E-state index contributed by atoms with van der Waals surface area (Å²) in [5, 5.41) is 21.2.